The maximum absolute atomic E-state index is 11.6. The number of nitrogens with zero attached hydrogens (tertiary/aromatic N) is 2. The zero-order valence-electron chi connectivity index (χ0n) is 15.4. The third-order valence-electron chi connectivity index (χ3n) is 5.72. The molecule has 5 unspecified atom stereocenters. The molecule has 3 fully saturated rings. The van der Waals surface area contributed by atoms with Crippen molar-refractivity contribution >= 4 is 21.3 Å². The Morgan fingerprint density at radius 2 is 2.04 bits per heavy atom. The zero-order valence-corrected chi connectivity index (χ0v) is 16.2. The van der Waals surface area contributed by atoms with Gasteiger partial charge in [0, 0.05) is 24.2 Å². The lowest BCUT2D eigenvalue weighted by atomic mass is 9.73. The Labute approximate surface area is 164 Å². The van der Waals surface area contributed by atoms with Gasteiger partial charge in [0.1, 0.15) is 6.10 Å². The molecule has 1 aromatic carbocycles. The topological polar surface area (TPSA) is 143 Å². The maximum Gasteiger partial charge on any atom is 0.398 e. The molecule has 2 aromatic rings. The van der Waals surface area contributed by atoms with E-state index in [0.717, 1.165) is 42.4 Å². The fraction of sp³-hybridized carbons (Fsp3) is 0.421. The van der Waals surface area contributed by atoms with E-state index in [0.29, 0.717) is 11.8 Å². The van der Waals surface area contributed by atoms with Crippen LogP contribution < -0.4 is 0 Å². The molecule has 5 N–H and O–H groups in total. The highest BCUT2D eigenvalue weighted by molar-refractivity contribution is 7.80. The Morgan fingerprint density at radius 1 is 1.29 bits per heavy atom. The zero-order chi connectivity index (χ0) is 18.3. The van der Waals surface area contributed by atoms with Crippen LogP contribution in [0.15, 0.2) is 49.2 Å². The Hall–Kier alpha value is -1.88. The molecule has 0 aliphatic carbocycles. The fourth-order valence-electron chi connectivity index (χ4n) is 4.51. The minimum absolute atomic E-state index is 0. The van der Waals surface area contributed by atoms with Crippen LogP contribution in [0.1, 0.15) is 24.5 Å². The van der Waals surface area contributed by atoms with Crippen molar-refractivity contribution in [2.24, 2.45) is 11.8 Å². The highest BCUT2D eigenvalue weighted by Crippen LogP contribution is 2.43. The van der Waals surface area contributed by atoms with Gasteiger partial charge in [0.05, 0.1) is 5.52 Å². The largest absolute Gasteiger partial charge is 0.412 e. The van der Waals surface area contributed by atoms with Gasteiger partial charge in [-0.1, -0.05) is 24.3 Å². The lowest BCUT2D eigenvalue weighted by Gasteiger charge is -2.51. The number of hydrogen-bond acceptors (Lipinski definition) is 5. The molecule has 4 heterocycles. The van der Waals surface area contributed by atoms with E-state index in [2.05, 4.69) is 16.5 Å². The average molecular weight is 410 g/mol. The molecule has 2 bridgehead atoms. The Balaban J connectivity index is 0.00000140. The number of hydrogen-bond donors (Lipinski definition) is 1. The van der Waals surface area contributed by atoms with E-state index in [1.807, 2.05) is 30.3 Å². The SMILES string of the molecule is C=CC1CN2CCC1CC2C(OS(=O)(=O)O)c1ccnc2ccccc12.O.O. The summed E-state index contributed by atoms with van der Waals surface area (Å²) >= 11 is 0. The number of pyridine rings is 1. The molecule has 5 atom stereocenters. The van der Waals surface area contributed by atoms with Crippen LogP contribution in [0.5, 0.6) is 0 Å². The lowest BCUT2D eigenvalue weighted by Crippen LogP contribution is -2.55. The minimum atomic E-state index is -4.59. The van der Waals surface area contributed by atoms with Crippen molar-refractivity contribution in [3.63, 3.8) is 0 Å². The van der Waals surface area contributed by atoms with Gasteiger partial charge in [0.2, 0.25) is 0 Å². The molecule has 0 amide bonds. The first-order valence-corrected chi connectivity index (χ1v) is 10.2. The standard InChI is InChI=1S/C19H22N2O4S.2H2O/c1-2-13-12-21-10-8-14(13)11-18(21)19(25-26(22,23)24)16-7-9-20-17-6-4-3-5-15(16)17;;/h2-7,9,13-14,18-19H,1,8,10-12H2,(H,22,23,24);2*1H2. The van der Waals surface area contributed by atoms with Crippen LogP contribution in [0.2, 0.25) is 0 Å². The molecule has 5 rings (SSSR count). The second kappa shape index (κ2) is 8.64. The van der Waals surface area contributed by atoms with Gasteiger partial charge < -0.3 is 11.0 Å². The van der Waals surface area contributed by atoms with Crippen molar-refractivity contribution in [1.29, 1.82) is 0 Å². The first-order chi connectivity index (χ1) is 12.5. The number of benzene rings is 1. The van der Waals surface area contributed by atoms with E-state index in [4.69, 9.17) is 4.18 Å². The predicted octanol–water partition coefficient (Wildman–Crippen LogP) is 1.34. The molecule has 9 heteroatoms. The van der Waals surface area contributed by atoms with Crippen LogP contribution in [0.3, 0.4) is 0 Å². The van der Waals surface area contributed by atoms with Gasteiger partial charge in [-0.15, -0.1) is 6.58 Å². The van der Waals surface area contributed by atoms with Crippen molar-refractivity contribution in [1.82, 2.24) is 9.88 Å². The third kappa shape index (κ3) is 4.24. The highest BCUT2D eigenvalue weighted by atomic mass is 32.3. The summed E-state index contributed by atoms with van der Waals surface area (Å²) < 4.78 is 37.9. The quantitative estimate of drug-likeness (QED) is 0.582. The summed E-state index contributed by atoms with van der Waals surface area (Å²) in [5, 5.41) is 0.839. The van der Waals surface area contributed by atoms with E-state index in [9.17, 15) is 13.0 Å². The first kappa shape index (κ1) is 22.4. The van der Waals surface area contributed by atoms with E-state index in [1.165, 1.54) is 0 Å². The first-order valence-electron chi connectivity index (χ1n) is 8.82. The number of rotatable bonds is 5. The number of piperidine rings is 3. The molecule has 3 saturated heterocycles. The van der Waals surface area contributed by atoms with Crippen LogP contribution in [0.25, 0.3) is 10.9 Å². The molecule has 28 heavy (non-hydrogen) atoms. The molecule has 0 spiro atoms. The Bertz CT molecular complexity index is 930. The monoisotopic (exact) mass is 410 g/mol. The predicted molar refractivity (Wildman–Crippen MR) is 106 cm³/mol. The van der Waals surface area contributed by atoms with E-state index < -0.39 is 16.5 Å². The van der Waals surface area contributed by atoms with Gasteiger partial charge >= 0.3 is 10.4 Å². The molecule has 154 valence electrons. The molecular formula is C19H26N2O6S. The summed E-state index contributed by atoms with van der Waals surface area (Å²) in [6.45, 7) is 5.67. The summed E-state index contributed by atoms with van der Waals surface area (Å²) in [6.07, 6.45) is 4.76. The van der Waals surface area contributed by atoms with Crippen LogP contribution in [0, 0.1) is 11.8 Å². The summed E-state index contributed by atoms with van der Waals surface area (Å²) in [5.41, 5.74) is 1.51. The van der Waals surface area contributed by atoms with Gasteiger partial charge in [0.15, 0.2) is 0 Å². The Morgan fingerprint density at radius 3 is 2.68 bits per heavy atom. The molecular weight excluding hydrogens is 384 g/mol. The molecule has 8 nitrogen and oxygen atoms in total. The maximum atomic E-state index is 11.6. The van der Waals surface area contributed by atoms with Crippen molar-refractivity contribution in [3.8, 4) is 0 Å². The third-order valence-corrected chi connectivity index (χ3v) is 6.17. The fourth-order valence-corrected chi connectivity index (χ4v) is 5.01. The van der Waals surface area contributed by atoms with Crippen LogP contribution >= 0.6 is 0 Å². The van der Waals surface area contributed by atoms with Crippen molar-refractivity contribution in [3.05, 3.63) is 54.7 Å². The Kier molecular flexibility index (Phi) is 6.92. The van der Waals surface area contributed by atoms with E-state index in [-0.39, 0.29) is 17.0 Å². The number of aromatic nitrogens is 1. The van der Waals surface area contributed by atoms with Gasteiger partial charge in [0.25, 0.3) is 0 Å². The summed E-state index contributed by atoms with van der Waals surface area (Å²) in [6, 6.07) is 9.23. The normalized spacial score (nSPS) is 27.5. The van der Waals surface area contributed by atoms with E-state index in [1.54, 1.807) is 12.3 Å². The summed E-state index contributed by atoms with van der Waals surface area (Å²) in [5.74, 6) is 0.878. The summed E-state index contributed by atoms with van der Waals surface area (Å²) in [4.78, 5) is 6.61. The summed E-state index contributed by atoms with van der Waals surface area (Å²) in [7, 11) is -4.59. The second-order valence-corrected chi connectivity index (χ2v) is 8.16. The smallest absolute Gasteiger partial charge is 0.398 e. The molecule has 3 aliphatic rings. The lowest BCUT2D eigenvalue weighted by molar-refractivity contribution is -0.0365. The molecule has 3 aliphatic heterocycles. The molecule has 0 saturated carbocycles. The van der Waals surface area contributed by atoms with Crippen molar-refractivity contribution < 1.29 is 28.1 Å². The average Bonchev–Trinajstić information content (AvgIpc) is 2.65. The van der Waals surface area contributed by atoms with Crippen LogP contribution in [-0.2, 0) is 14.6 Å². The second-order valence-electron chi connectivity index (χ2n) is 7.11. The minimum Gasteiger partial charge on any atom is -0.412 e. The number of fused-ring (bicyclic) bond motifs is 4. The van der Waals surface area contributed by atoms with Crippen LogP contribution in [0.4, 0.5) is 0 Å². The van der Waals surface area contributed by atoms with Crippen LogP contribution in [-0.4, -0.2) is 52.9 Å². The van der Waals surface area contributed by atoms with E-state index >= 15 is 0 Å². The highest BCUT2D eigenvalue weighted by Gasteiger charge is 2.44. The van der Waals surface area contributed by atoms with Crippen molar-refractivity contribution in [2.75, 3.05) is 13.1 Å². The van der Waals surface area contributed by atoms with Gasteiger partial charge in [-0.2, -0.15) is 8.42 Å². The van der Waals surface area contributed by atoms with Crippen molar-refractivity contribution in [2.45, 2.75) is 25.0 Å². The number of para-hydroxylation sites is 1. The van der Waals surface area contributed by atoms with Gasteiger partial charge in [-0.3, -0.25) is 14.4 Å². The van der Waals surface area contributed by atoms with Gasteiger partial charge in [-0.25, -0.2) is 4.18 Å². The molecule has 1 aromatic heterocycles. The molecule has 0 radical (unpaired) electrons. The van der Waals surface area contributed by atoms with Gasteiger partial charge in [-0.05, 0) is 48.9 Å².